The van der Waals surface area contributed by atoms with Crippen LogP contribution in [0.25, 0.3) is 0 Å². The van der Waals surface area contributed by atoms with Gasteiger partial charge in [-0.25, -0.2) is 0 Å². The summed E-state index contributed by atoms with van der Waals surface area (Å²) in [6.07, 6.45) is 18.3. The van der Waals surface area contributed by atoms with Gasteiger partial charge >= 0.3 is 5.97 Å². The van der Waals surface area contributed by atoms with E-state index >= 15 is 0 Å². The number of hydrogen-bond acceptors (Lipinski definition) is 3. The molecule has 0 N–H and O–H groups in total. The number of rotatable bonds is 18. The molecule has 0 aromatic rings. The lowest BCUT2D eigenvalue weighted by atomic mass is 10.0. The number of likely N-dealkylation sites (N-methyl/N-ethyl adjacent to an activating group) is 1. The van der Waals surface area contributed by atoms with Crippen LogP contribution in [0.4, 0.5) is 0 Å². The van der Waals surface area contributed by atoms with Crippen molar-refractivity contribution in [3.8, 4) is 0 Å². The van der Waals surface area contributed by atoms with Gasteiger partial charge in [-0.05, 0) is 6.42 Å². The van der Waals surface area contributed by atoms with E-state index in [9.17, 15) is 4.79 Å². The first-order valence-corrected chi connectivity index (χ1v) is 11.1. The standard InChI is InChI=1S/C23H46NO3/c1-6-7-8-9-10-11-12-13-14-15-16-17-18-23(27-22(2)25)21-26-20-19-24(3,4)5/h21H,6-20H2,1-5H3/q+1. The molecule has 0 spiro atoms. The molecule has 0 aromatic heterocycles. The summed E-state index contributed by atoms with van der Waals surface area (Å²) in [6, 6.07) is 0. The van der Waals surface area contributed by atoms with Crippen molar-refractivity contribution in [1.82, 2.24) is 0 Å². The number of carbonyl (C=O) groups excluding carboxylic acids is 1. The largest absolute Gasteiger partial charge is 0.492 e. The number of unbranched alkanes of at least 4 members (excludes halogenated alkanes) is 11. The van der Waals surface area contributed by atoms with Gasteiger partial charge in [-0.2, -0.15) is 0 Å². The third kappa shape index (κ3) is 21.1. The molecule has 0 aliphatic heterocycles. The van der Waals surface area contributed by atoms with Gasteiger partial charge in [0, 0.05) is 13.3 Å². The average molecular weight is 385 g/mol. The Balaban J connectivity index is 3.71. The molecule has 0 saturated heterocycles. The van der Waals surface area contributed by atoms with Crippen molar-refractivity contribution in [2.45, 2.75) is 97.3 Å². The van der Waals surface area contributed by atoms with Crippen LogP contribution in [0.3, 0.4) is 0 Å². The lowest BCUT2D eigenvalue weighted by Gasteiger charge is -2.23. The van der Waals surface area contributed by atoms with Crippen molar-refractivity contribution in [2.75, 3.05) is 34.3 Å². The van der Waals surface area contributed by atoms with Gasteiger partial charge in [0.15, 0.2) is 0 Å². The van der Waals surface area contributed by atoms with E-state index in [0.29, 0.717) is 12.4 Å². The fourth-order valence-corrected chi connectivity index (χ4v) is 2.94. The van der Waals surface area contributed by atoms with Crippen molar-refractivity contribution in [2.24, 2.45) is 0 Å². The Morgan fingerprint density at radius 3 is 1.74 bits per heavy atom. The van der Waals surface area contributed by atoms with Gasteiger partial charge in [0.25, 0.3) is 0 Å². The smallest absolute Gasteiger partial charge is 0.307 e. The fourth-order valence-electron chi connectivity index (χ4n) is 2.94. The molecular formula is C23H46NO3+. The van der Waals surface area contributed by atoms with Crippen LogP contribution in [0.5, 0.6) is 0 Å². The summed E-state index contributed by atoms with van der Waals surface area (Å²) in [7, 11) is 6.39. The molecule has 27 heavy (non-hydrogen) atoms. The molecule has 0 heterocycles. The summed E-state index contributed by atoms with van der Waals surface area (Å²) in [5.41, 5.74) is 0. The number of esters is 1. The number of hydrogen-bond donors (Lipinski definition) is 0. The van der Waals surface area contributed by atoms with Crippen LogP contribution < -0.4 is 0 Å². The Morgan fingerprint density at radius 1 is 0.815 bits per heavy atom. The van der Waals surface area contributed by atoms with Gasteiger partial charge in [-0.3, -0.25) is 4.79 Å². The van der Waals surface area contributed by atoms with Crippen LogP contribution >= 0.6 is 0 Å². The monoisotopic (exact) mass is 384 g/mol. The maximum Gasteiger partial charge on any atom is 0.307 e. The van der Waals surface area contributed by atoms with Crippen molar-refractivity contribution >= 4 is 5.97 Å². The zero-order valence-electron chi connectivity index (χ0n) is 18.9. The Morgan fingerprint density at radius 2 is 1.30 bits per heavy atom. The van der Waals surface area contributed by atoms with Crippen LogP contribution in [-0.4, -0.2) is 44.7 Å². The molecule has 0 unspecified atom stereocenters. The zero-order valence-corrected chi connectivity index (χ0v) is 18.9. The SMILES string of the molecule is CCCCCCCCCCCCCCC(=COCC[N+](C)(C)C)OC(C)=O. The first-order chi connectivity index (χ1) is 12.8. The highest BCUT2D eigenvalue weighted by atomic mass is 16.6. The van der Waals surface area contributed by atoms with Crippen LogP contribution in [0.1, 0.15) is 97.3 Å². The molecule has 0 aliphatic carbocycles. The van der Waals surface area contributed by atoms with Gasteiger partial charge < -0.3 is 14.0 Å². The second-order valence-corrected chi connectivity index (χ2v) is 8.70. The van der Waals surface area contributed by atoms with Gasteiger partial charge in [0.2, 0.25) is 0 Å². The summed E-state index contributed by atoms with van der Waals surface area (Å²) in [5, 5.41) is 0. The van der Waals surface area contributed by atoms with Gasteiger partial charge in [0.05, 0.1) is 21.1 Å². The summed E-state index contributed by atoms with van der Waals surface area (Å²) in [6.45, 7) is 5.27. The molecule has 0 aliphatic rings. The van der Waals surface area contributed by atoms with E-state index in [1.807, 2.05) is 0 Å². The predicted octanol–water partition coefficient (Wildman–Crippen LogP) is 6.20. The third-order valence-electron chi connectivity index (χ3n) is 4.65. The summed E-state index contributed by atoms with van der Waals surface area (Å²) >= 11 is 0. The fraction of sp³-hybridized carbons (Fsp3) is 0.870. The van der Waals surface area contributed by atoms with Crippen molar-refractivity contribution in [1.29, 1.82) is 0 Å². The minimum absolute atomic E-state index is 0.268. The highest BCUT2D eigenvalue weighted by molar-refractivity contribution is 5.67. The second-order valence-electron chi connectivity index (χ2n) is 8.70. The maximum absolute atomic E-state index is 11.2. The summed E-state index contributed by atoms with van der Waals surface area (Å²) in [4.78, 5) is 11.2. The number of carbonyl (C=O) groups is 1. The molecule has 0 bridgehead atoms. The lowest BCUT2D eigenvalue weighted by molar-refractivity contribution is -0.870. The topological polar surface area (TPSA) is 35.5 Å². The van der Waals surface area contributed by atoms with E-state index in [1.165, 1.54) is 77.6 Å². The van der Waals surface area contributed by atoms with Gasteiger partial charge in [-0.1, -0.05) is 77.6 Å². The number of quaternary nitrogens is 1. The number of ether oxygens (including phenoxy) is 2. The Labute approximate surface area is 168 Å². The Bertz CT molecular complexity index is 386. The minimum Gasteiger partial charge on any atom is -0.492 e. The lowest BCUT2D eigenvalue weighted by Crippen LogP contribution is -2.37. The Hall–Kier alpha value is -1.03. The molecule has 0 fully saturated rings. The van der Waals surface area contributed by atoms with E-state index in [2.05, 4.69) is 28.1 Å². The molecule has 4 heteroatoms. The van der Waals surface area contributed by atoms with Crippen LogP contribution in [-0.2, 0) is 14.3 Å². The number of nitrogens with zero attached hydrogens (tertiary/aromatic N) is 1. The Kier molecular flexibility index (Phi) is 16.4. The van der Waals surface area contributed by atoms with Crippen LogP contribution in [0.15, 0.2) is 12.0 Å². The molecule has 0 radical (unpaired) electrons. The van der Waals surface area contributed by atoms with E-state index < -0.39 is 0 Å². The predicted molar refractivity (Wildman–Crippen MR) is 114 cm³/mol. The molecule has 0 aromatic carbocycles. The molecule has 0 rings (SSSR count). The highest BCUT2D eigenvalue weighted by Crippen LogP contribution is 2.15. The second kappa shape index (κ2) is 17.1. The summed E-state index contributed by atoms with van der Waals surface area (Å²) in [5.74, 6) is 0.395. The molecule has 4 nitrogen and oxygen atoms in total. The molecule has 160 valence electrons. The molecular weight excluding hydrogens is 338 g/mol. The van der Waals surface area contributed by atoms with Crippen molar-refractivity contribution in [3.63, 3.8) is 0 Å². The number of allylic oxidation sites excluding steroid dienone is 1. The van der Waals surface area contributed by atoms with Gasteiger partial charge in [0.1, 0.15) is 25.2 Å². The molecule has 0 amide bonds. The maximum atomic E-state index is 11.2. The van der Waals surface area contributed by atoms with E-state index in [4.69, 9.17) is 9.47 Å². The molecule has 0 saturated carbocycles. The van der Waals surface area contributed by atoms with E-state index in [0.717, 1.165) is 23.9 Å². The van der Waals surface area contributed by atoms with Gasteiger partial charge in [-0.15, -0.1) is 0 Å². The minimum atomic E-state index is -0.268. The third-order valence-corrected chi connectivity index (χ3v) is 4.65. The highest BCUT2D eigenvalue weighted by Gasteiger charge is 2.07. The molecule has 0 atom stereocenters. The van der Waals surface area contributed by atoms with E-state index in [-0.39, 0.29) is 5.97 Å². The van der Waals surface area contributed by atoms with E-state index in [1.54, 1.807) is 6.26 Å². The normalized spacial score (nSPS) is 12.3. The van der Waals surface area contributed by atoms with Crippen LogP contribution in [0.2, 0.25) is 0 Å². The van der Waals surface area contributed by atoms with Crippen molar-refractivity contribution in [3.05, 3.63) is 12.0 Å². The summed E-state index contributed by atoms with van der Waals surface area (Å²) < 4.78 is 11.7. The van der Waals surface area contributed by atoms with Crippen molar-refractivity contribution < 1.29 is 18.8 Å². The first-order valence-electron chi connectivity index (χ1n) is 11.1. The average Bonchev–Trinajstić information content (AvgIpc) is 2.58. The van der Waals surface area contributed by atoms with Crippen LogP contribution in [0, 0.1) is 0 Å². The first kappa shape index (κ1) is 26.0. The quantitative estimate of drug-likeness (QED) is 0.122. The zero-order chi connectivity index (χ0) is 20.4.